The number of anilines is 1. The summed E-state index contributed by atoms with van der Waals surface area (Å²) in [4.78, 5) is 26.8. The molecule has 4 aromatic carbocycles. The molecule has 0 aliphatic carbocycles. The van der Waals surface area contributed by atoms with Gasteiger partial charge in [0.2, 0.25) is 0 Å². The standard InChI is InChI=1S/C29H24BrFN2O4/c30-25-14-11-20(31)15-24(25)29(35)33-26(18-36-17-19-7-3-1-4-8-19)28(34)23-13-12-21(32)16-27(23)37-22-9-5-2-6-10-22/h1-16,26H,17-18,32H2,(H,33,35). The normalized spacial score (nSPS) is 11.5. The van der Waals surface area contributed by atoms with Gasteiger partial charge in [-0.05, 0) is 64.0 Å². The smallest absolute Gasteiger partial charge is 0.253 e. The van der Waals surface area contributed by atoms with Crippen molar-refractivity contribution in [3.05, 3.63) is 124 Å². The Morgan fingerprint density at radius 1 is 0.892 bits per heavy atom. The van der Waals surface area contributed by atoms with Gasteiger partial charge in [0.25, 0.3) is 5.91 Å². The summed E-state index contributed by atoms with van der Waals surface area (Å²) < 4.78 is 26.0. The van der Waals surface area contributed by atoms with E-state index in [4.69, 9.17) is 15.2 Å². The Hall–Kier alpha value is -4.01. The second kappa shape index (κ2) is 12.3. The summed E-state index contributed by atoms with van der Waals surface area (Å²) in [5.74, 6) is -0.889. The maximum atomic E-state index is 13.8. The fourth-order valence-corrected chi connectivity index (χ4v) is 4.02. The van der Waals surface area contributed by atoms with Crippen molar-refractivity contribution in [2.24, 2.45) is 0 Å². The van der Waals surface area contributed by atoms with Crippen LogP contribution in [0.1, 0.15) is 26.3 Å². The third kappa shape index (κ3) is 7.03. The number of para-hydroxylation sites is 1. The fraction of sp³-hybridized carbons (Fsp3) is 0.103. The van der Waals surface area contributed by atoms with Gasteiger partial charge < -0.3 is 20.5 Å². The predicted molar refractivity (Wildman–Crippen MR) is 143 cm³/mol. The van der Waals surface area contributed by atoms with Crippen molar-refractivity contribution in [2.75, 3.05) is 12.3 Å². The van der Waals surface area contributed by atoms with E-state index in [1.807, 2.05) is 36.4 Å². The molecular weight excluding hydrogens is 539 g/mol. The van der Waals surface area contributed by atoms with Crippen molar-refractivity contribution in [3.63, 3.8) is 0 Å². The first-order chi connectivity index (χ1) is 17.9. The molecule has 0 aromatic heterocycles. The Labute approximate surface area is 222 Å². The number of ether oxygens (including phenoxy) is 2. The van der Waals surface area contributed by atoms with Crippen LogP contribution in [0.5, 0.6) is 11.5 Å². The molecule has 0 spiro atoms. The summed E-state index contributed by atoms with van der Waals surface area (Å²) in [6, 6.07) is 25.7. The molecule has 0 aliphatic rings. The van der Waals surface area contributed by atoms with E-state index in [9.17, 15) is 14.0 Å². The van der Waals surface area contributed by atoms with Gasteiger partial charge in [0, 0.05) is 16.2 Å². The number of amides is 1. The first-order valence-corrected chi connectivity index (χ1v) is 12.2. The maximum absolute atomic E-state index is 13.8. The largest absolute Gasteiger partial charge is 0.457 e. The number of hydrogen-bond acceptors (Lipinski definition) is 5. The Bertz CT molecular complexity index is 1380. The number of carbonyl (C=O) groups excluding carboxylic acids is 2. The third-order valence-corrected chi connectivity index (χ3v) is 6.12. The maximum Gasteiger partial charge on any atom is 0.253 e. The highest BCUT2D eigenvalue weighted by Crippen LogP contribution is 2.29. The zero-order valence-corrected chi connectivity index (χ0v) is 21.3. The van der Waals surface area contributed by atoms with Crippen LogP contribution in [0.4, 0.5) is 10.1 Å². The molecule has 0 fully saturated rings. The molecule has 1 amide bonds. The van der Waals surface area contributed by atoms with Crippen LogP contribution in [0, 0.1) is 5.82 Å². The van der Waals surface area contributed by atoms with E-state index < -0.39 is 23.5 Å². The highest BCUT2D eigenvalue weighted by atomic mass is 79.9. The fourth-order valence-electron chi connectivity index (χ4n) is 3.59. The van der Waals surface area contributed by atoms with Crippen LogP contribution >= 0.6 is 15.9 Å². The van der Waals surface area contributed by atoms with E-state index in [0.29, 0.717) is 15.9 Å². The van der Waals surface area contributed by atoms with Crippen molar-refractivity contribution in [2.45, 2.75) is 12.6 Å². The minimum absolute atomic E-state index is 0.0546. The number of Topliss-reactive ketones (excluding diaryl/α,β-unsaturated/α-hetero) is 1. The summed E-state index contributed by atoms with van der Waals surface area (Å²) in [6.07, 6.45) is 0. The van der Waals surface area contributed by atoms with Crippen LogP contribution in [0.25, 0.3) is 0 Å². The van der Waals surface area contributed by atoms with E-state index in [-0.39, 0.29) is 30.1 Å². The number of halogens is 2. The summed E-state index contributed by atoms with van der Waals surface area (Å²) in [7, 11) is 0. The predicted octanol–water partition coefficient (Wildman–Crippen LogP) is 6.16. The molecule has 8 heteroatoms. The molecule has 1 unspecified atom stereocenters. The second-order valence-corrected chi connectivity index (χ2v) is 9.04. The van der Waals surface area contributed by atoms with Crippen LogP contribution in [0.2, 0.25) is 0 Å². The molecule has 0 heterocycles. The molecule has 6 nitrogen and oxygen atoms in total. The number of ketones is 1. The van der Waals surface area contributed by atoms with Gasteiger partial charge in [-0.15, -0.1) is 0 Å². The molecule has 0 saturated heterocycles. The first-order valence-electron chi connectivity index (χ1n) is 11.4. The Morgan fingerprint density at radius 3 is 2.32 bits per heavy atom. The highest BCUT2D eigenvalue weighted by molar-refractivity contribution is 9.10. The zero-order chi connectivity index (χ0) is 26.2. The zero-order valence-electron chi connectivity index (χ0n) is 19.7. The Morgan fingerprint density at radius 2 is 1.59 bits per heavy atom. The number of benzene rings is 4. The van der Waals surface area contributed by atoms with E-state index in [0.717, 1.165) is 11.6 Å². The van der Waals surface area contributed by atoms with Gasteiger partial charge in [0.15, 0.2) is 5.78 Å². The van der Waals surface area contributed by atoms with Crippen LogP contribution in [0.15, 0.2) is 102 Å². The van der Waals surface area contributed by atoms with Gasteiger partial charge in [-0.25, -0.2) is 4.39 Å². The van der Waals surface area contributed by atoms with Crippen molar-refractivity contribution in [3.8, 4) is 11.5 Å². The lowest BCUT2D eigenvalue weighted by Gasteiger charge is -2.20. The Balaban J connectivity index is 1.61. The lowest BCUT2D eigenvalue weighted by Crippen LogP contribution is -2.44. The number of hydrogen-bond donors (Lipinski definition) is 2. The van der Waals surface area contributed by atoms with Crippen molar-refractivity contribution in [1.29, 1.82) is 0 Å². The molecule has 0 aliphatic heterocycles. The summed E-state index contributed by atoms with van der Waals surface area (Å²) >= 11 is 3.27. The molecule has 0 bridgehead atoms. The topological polar surface area (TPSA) is 90.7 Å². The van der Waals surface area contributed by atoms with Crippen LogP contribution in [0.3, 0.4) is 0 Å². The second-order valence-electron chi connectivity index (χ2n) is 8.19. The molecule has 188 valence electrons. The van der Waals surface area contributed by atoms with E-state index in [1.165, 1.54) is 12.1 Å². The number of nitrogens with one attached hydrogen (secondary N) is 1. The van der Waals surface area contributed by atoms with Gasteiger partial charge >= 0.3 is 0 Å². The lowest BCUT2D eigenvalue weighted by atomic mass is 10.0. The van der Waals surface area contributed by atoms with Crippen molar-refractivity contribution in [1.82, 2.24) is 5.32 Å². The average molecular weight is 563 g/mol. The van der Waals surface area contributed by atoms with Crippen molar-refractivity contribution < 1.29 is 23.5 Å². The van der Waals surface area contributed by atoms with Gasteiger partial charge in [-0.1, -0.05) is 48.5 Å². The minimum Gasteiger partial charge on any atom is -0.457 e. The molecule has 1 atom stereocenters. The number of rotatable bonds is 10. The summed E-state index contributed by atoms with van der Waals surface area (Å²) in [5.41, 5.74) is 7.55. The molecule has 4 aromatic rings. The van der Waals surface area contributed by atoms with Gasteiger partial charge in [-0.2, -0.15) is 0 Å². The average Bonchev–Trinajstić information content (AvgIpc) is 2.90. The molecule has 4 rings (SSSR count). The minimum atomic E-state index is -1.09. The number of nitrogen functional groups attached to an aromatic ring is 1. The molecular formula is C29H24BrFN2O4. The molecule has 3 N–H and O–H groups in total. The molecule has 37 heavy (non-hydrogen) atoms. The van der Waals surface area contributed by atoms with Crippen LogP contribution < -0.4 is 15.8 Å². The molecule has 0 saturated carbocycles. The summed E-state index contributed by atoms with van der Waals surface area (Å²) in [5, 5.41) is 2.69. The van der Waals surface area contributed by atoms with Gasteiger partial charge in [-0.3, -0.25) is 9.59 Å². The van der Waals surface area contributed by atoms with Crippen molar-refractivity contribution >= 4 is 33.3 Å². The van der Waals surface area contributed by atoms with E-state index in [2.05, 4.69) is 21.2 Å². The number of carbonyl (C=O) groups is 2. The monoisotopic (exact) mass is 562 g/mol. The quantitative estimate of drug-likeness (QED) is 0.178. The first kappa shape index (κ1) is 26.1. The van der Waals surface area contributed by atoms with E-state index >= 15 is 0 Å². The summed E-state index contributed by atoms with van der Waals surface area (Å²) in [6.45, 7) is 0.112. The van der Waals surface area contributed by atoms with E-state index in [1.54, 1.807) is 42.5 Å². The molecule has 0 radical (unpaired) electrons. The van der Waals surface area contributed by atoms with Gasteiger partial charge in [0.1, 0.15) is 23.4 Å². The third-order valence-electron chi connectivity index (χ3n) is 5.43. The lowest BCUT2D eigenvalue weighted by molar-refractivity contribution is 0.0670. The number of nitrogens with two attached hydrogens (primary N) is 1. The highest BCUT2D eigenvalue weighted by Gasteiger charge is 2.27. The Kier molecular flexibility index (Phi) is 8.66. The van der Waals surface area contributed by atoms with Gasteiger partial charge in [0.05, 0.1) is 24.3 Å². The SMILES string of the molecule is Nc1ccc(C(=O)C(COCc2ccccc2)NC(=O)c2cc(F)ccc2Br)c(Oc2ccccc2)c1. The van der Waals surface area contributed by atoms with Crippen LogP contribution in [-0.2, 0) is 11.3 Å². The van der Waals surface area contributed by atoms with Crippen LogP contribution in [-0.4, -0.2) is 24.3 Å².